The highest BCUT2D eigenvalue weighted by atomic mass is 16.5. The highest BCUT2D eigenvalue weighted by Crippen LogP contribution is 1.95. The Morgan fingerprint density at radius 1 is 1.60 bits per heavy atom. The number of aromatic nitrogens is 1. The summed E-state index contributed by atoms with van der Waals surface area (Å²) in [7, 11) is 1.46. The van der Waals surface area contributed by atoms with E-state index in [9.17, 15) is 4.79 Å². The maximum Gasteiger partial charge on any atom is 0.290 e. The lowest BCUT2D eigenvalue weighted by Crippen LogP contribution is -2.06. The van der Waals surface area contributed by atoms with Crippen molar-refractivity contribution in [3.63, 3.8) is 0 Å². The molecule has 0 aliphatic heterocycles. The lowest BCUT2D eigenvalue weighted by Gasteiger charge is -1.93. The van der Waals surface area contributed by atoms with Crippen LogP contribution in [-0.4, -0.2) is 17.6 Å². The predicted octanol–water partition coefficient (Wildman–Crippen LogP) is -0.441. The molecule has 4 heteroatoms. The monoisotopic (exact) mass is 143 g/mol. The number of pyridine rings is 1. The van der Waals surface area contributed by atoms with Crippen molar-refractivity contribution in [1.29, 1.82) is 0 Å². The number of rotatable bonds is 1. The normalized spacial score (nSPS) is 8.10. The summed E-state index contributed by atoms with van der Waals surface area (Å²) in [5.41, 5.74) is -0.194. The van der Waals surface area contributed by atoms with Crippen LogP contribution in [0.2, 0.25) is 0 Å². The summed E-state index contributed by atoms with van der Waals surface area (Å²) in [6.07, 6.45) is 1.56. The van der Waals surface area contributed by atoms with Crippen molar-refractivity contribution < 1.29 is 10.2 Å². The maximum atomic E-state index is 10.7. The first-order valence-corrected chi connectivity index (χ1v) is 2.56. The highest BCUT2D eigenvalue weighted by Gasteiger charge is 1.91. The first kappa shape index (κ1) is 8.71. The van der Waals surface area contributed by atoms with E-state index in [4.69, 9.17) is 4.74 Å². The number of hydrogen-bond donors (Lipinski definition) is 1. The summed E-state index contributed by atoms with van der Waals surface area (Å²) in [5.74, 6) is 0.345. The van der Waals surface area contributed by atoms with Crippen molar-refractivity contribution in [1.82, 2.24) is 4.98 Å². The second-order valence-electron chi connectivity index (χ2n) is 1.57. The molecule has 0 bridgehead atoms. The molecule has 0 unspecified atom stereocenters. The third-order valence-corrected chi connectivity index (χ3v) is 1.00. The van der Waals surface area contributed by atoms with Crippen molar-refractivity contribution in [3.8, 4) is 5.75 Å². The van der Waals surface area contributed by atoms with Crippen molar-refractivity contribution in [2.24, 2.45) is 0 Å². The summed E-state index contributed by atoms with van der Waals surface area (Å²) in [6, 6.07) is 3.32. The van der Waals surface area contributed by atoms with E-state index in [2.05, 4.69) is 4.98 Å². The van der Waals surface area contributed by atoms with Crippen LogP contribution in [-0.2, 0) is 0 Å². The number of aromatic amines is 1. The number of hydrogen-bond acceptors (Lipinski definition) is 2. The third-order valence-electron chi connectivity index (χ3n) is 1.00. The average molecular weight is 143 g/mol. The fourth-order valence-corrected chi connectivity index (χ4v) is 0.567. The lowest BCUT2D eigenvalue weighted by atomic mass is 10.5. The molecule has 1 heterocycles. The quantitative estimate of drug-likeness (QED) is 0.578. The molecule has 0 aliphatic carbocycles. The minimum absolute atomic E-state index is 0. The van der Waals surface area contributed by atoms with Gasteiger partial charge in [-0.1, -0.05) is 0 Å². The molecule has 0 radical (unpaired) electrons. The minimum atomic E-state index is -0.194. The van der Waals surface area contributed by atoms with E-state index in [-0.39, 0.29) is 11.0 Å². The summed E-state index contributed by atoms with van der Waals surface area (Å²) in [6.45, 7) is 0. The Balaban J connectivity index is 0.000000810. The highest BCUT2D eigenvalue weighted by molar-refractivity contribution is 5.15. The van der Waals surface area contributed by atoms with Gasteiger partial charge in [-0.2, -0.15) is 0 Å². The van der Waals surface area contributed by atoms with Crippen LogP contribution in [0.1, 0.15) is 0 Å². The Morgan fingerprint density at radius 2 is 2.30 bits per heavy atom. The largest absolute Gasteiger partial charge is 0.491 e. The first-order chi connectivity index (χ1) is 4.34. The van der Waals surface area contributed by atoms with Crippen LogP contribution < -0.4 is 10.3 Å². The Hall–Kier alpha value is -1.29. The SMILES string of the molecule is COc1ccc[nH]c1=O.O. The zero-order valence-electron chi connectivity index (χ0n) is 5.55. The zero-order valence-corrected chi connectivity index (χ0v) is 5.55. The van der Waals surface area contributed by atoms with Crippen molar-refractivity contribution >= 4 is 0 Å². The van der Waals surface area contributed by atoms with Crippen LogP contribution in [0.3, 0.4) is 0 Å². The molecule has 1 aromatic rings. The second-order valence-corrected chi connectivity index (χ2v) is 1.57. The molecule has 1 aromatic heterocycles. The van der Waals surface area contributed by atoms with Gasteiger partial charge in [0.2, 0.25) is 0 Å². The first-order valence-electron chi connectivity index (χ1n) is 2.56. The van der Waals surface area contributed by atoms with E-state index < -0.39 is 0 Å². The molecule has 4 nitrogen and oxygen atoms in total. The minimum Gasteiger partial charge on any atom is -0.491 e. The number of methoxy groups -OCH3 is 1. The molecule has 0 atom stereocenters. The summed E-state index contributed by atoms with van der Waals surface area (Å²) in [4.78, 5) is 13.1. The van der Waals surface area contributed by atoms with E-state index in [0.29, 0.717) is 5.75 Å². The van der Waals surface area contributed by atoms with Gasteiger partial charge in [-0.15, -0.1) is 0 Å². The molecule has 56 valence electrons. The van der Waals surface area contributed by atoms with Gasteiger partial charge in [0.05, 0.1) is 7.11 Å². The van der Waals surface area contributed by atoms with Crippen LogP contribution in [0, 0.1) is 0 Å². The van der Waals surface area contributed by atoms with Crippen molar-refractivity contribution in [2.75, 3.05) is 7.11 Å². The van der Waals surface area contributed by atoms with Gasteiger partial charge < -0.3 is 15.2 Å². The molecule has 0 aliphatic rings. The van der Waals surface area contributed by atoms with E-state index in [1.165, 1.54) is 7.11 Å². The molecule has 0 amide bonds. The summed E-state index contributed by atoms with van der Waals surface area (Å²) in [5, 5.41) is 0. The van der Waals surface area contributed by atoms with Crippen molar-refractivity contribution in [2.45, 2.75) is 0 Å². The van der Waals surface area contributed by atoms with Crippen molar-refractivity contribution in [3.05, 3.63) is 28.7 Å². The zero-order chi connectivity index (χ0) is 6.69. The van der Waals surface area contributed by atoms with E-state index in [0.717, 1.165) is 0 Å². The van der Waals surface area contributed by atoms with E-state index in [1.807, 2.05) is 0 Å². The molecular formula is C6H9NO3. The number of H-pyrrole nitrogens is 1. The van der Waals surface area contributed by atoms with Gasteiger partial charge in [-0.25, -0.2) is 0 Å². The van der Waals surface area contributed by atoms with Crippen LogP contribution in [0.25, 0.3) is 0 Å². The molecule has 0 aromatic carbocycles. The Morgan fingerprint density at radius 3 is 2.70 bits per heavy atom. The van der Waals surface area contributed by atoms with Gasteiger partial charge in [0, 0.05) is 6.20 Å². The van der Waals surface area contributed by atoms with Gasteiger partial charge in [0.1, 0.15) is 0 Å². The van der Waals surface area contributed by atoms with Gasteiger partial charge >= 0.3 is 0 Å². The fraction of sp³-hybridized carbons (Fsp3) is 0.167. The average Bonchev–Trinajstić information content (AvgIpc) is 1.89. The van der Waals surface area contributed by atoms with Crippen LogP contribution in [0.4, 0.5) is 0 Å². The van der Waals surface area contributed by atoms with Crippen LogP contribution in [0.5, 0.6) is 5.75 Å². The Bertz CT molecular complexity index is 243. The third kappa shape index (κ3) is 1.60. The molecule has 10 heavy (non-hydrogen) atoms. The molecule has 3 N–H and O–H groups in total. The molecule has 0 spiro atoms. The van der Waals surface area contributed by atoms with E-state index in [1.54, 1.807) is 18.3 Å². The van der Waals surface area contributed by atoms with Crippen LogP contribution >= 0.6 is 0 Å². The fourth-order valence-electron chi connectivity index (χ4n) is 0.567. The number of nitrogens with one attached hydrogen (secondary N) is 1. The lowest BCUT2D eigenvalue weighted by molar-refractivity contribution is 0.408. The molecule has 0 saturated heterocycles. The second kappa shape index (κ2) is 3.68. The molecule has 0 saturated carbocycles. The Kier molecular flexibility index (Phi) is 3.21. The predicted molar refractivity (Wildman–Crippen MR) is 37.2 cm³/mol. The van der Waals surface area contributed by atoms with E-state index >= 15 is 0 Å². The Labute approximate surface area is 57.8 Å². The number of ether oxygens (including phenoxy) is 1. The summed E-state index contributed by atoms with van der Waals surface area (Å²) < 4.78 is 4.70. The molecule has 0 fully saturated rings. The smallest absolute Gasteiger partial charge is 0.290 e. The standard InChI is InChI=1S/C6H7NO2.H2O/c1-9-5-3-2-4-7-6(5)8;/h2-4H,1H3,(H,7,8);1H2. The van der Waals surface area contributed by atoms with Gasteiger partial charge in [0.15, 0.2) is 5.75 Å². The molecule has 1 rings (SSSR count). The van der Waals surface area contributed by atoms with Gasteiger partial charge in [-0.3, -0.25) is 4.79 Å². The topological polar surface area (TPSA) is 73.6 Å². The summed E-state index contributed by atoms with van der Waals surface area (Å²) >= 11 is 0. The van der Waals surface area contributed by atoms with Gasteiger partial charge in [-0.05, 0) is 12.1 Å². The maximum absolute atomic E-state index is 10.7. The van der Waals surface area contributed by atoms with Crippen LogP contribution in [0.15, 0.2) is 23.1 Å². The molecular weight excluding hydrogens is 134 g/mol. The van der Waals surface area contributed by atoms with Gasteiger partial charge in [0.25, 0.3) is 5.56 Å².